The molecule has 0 radical (unpaired) electrons. The van der Waals surface area contributed by atoms with Crippen LogP contribution in [0.5, 0.6) is 0 Å². The van der Waals surface area contributed by atoms with Crippen LogP contribution >= 0.6 is 0 Å². The van der Waals surface area contributed by atoms with Crippen LogP contribution in [-0.2, 0) is 61.6 Å². The molecule has 14 heteroatoms. The van der Waals surface area contributed by atoms with E-state index in [0.29, 0.717) is 165 Å². The van der Waals surface area contributed by atoms with E-state index in [1.165, 1.54) is 0 Å². The molecule has 42 heavy (non-hydrogen) atoms. The fraction of sp³-hybridized carbons (Fsp3) is 1.00. The third-order valence-corrected chi connectivity index (χ3v) is 5.02. The largest absolute Gasteiger partial charge is 0.382 e. The van der Waals surface area contributed by atoms with Crippen LogP contribution in [0, 0.1) is 0 Å². The molecular weight excluding hydrogens is 558 g/mol. The van der Waals surface area contributed by atoms with Gasteiger partial charge >= 0.3 is 0 Å². The van der Waals surface area contributed by atoms with Gasteiger partial charge in [-0.25, -0.2) is 0 Å². The zero-order chi connectivity index (χ0) is 30.3. The molecule has 0 fully saturated rings. The predicted octanol–water partition coefficient (Wildman–Crippen LogP) is 0.0514. The number of rotatable bonds is 39. The molecule has 0 amide bonds. The number of hydrogen-bond acceptors (Lipinski definition) is 14. The van der Waals surface area contributed by atoms with E-state index in [1.54, 1.807) is 7.11 Å². The second kappa shape index (κ2) is 40.4. The highest BCUT2D eigenvalue weighted by Gasteiger charge is 1.96. The second-order valence-corrected chi connectivity index (χ2v) is 8.44. The van der Waals surface area contributed by atoms with Crippen molar-refractivity contribution in [1.82, 2.24) is 5.32 Å². The Labute approximate surface area is 253 Å². The van der Waals surface area contributed by atoms with Gasteiger partial charge in [-0.05, 0) is 7.05 Å². The van der Waals surface area contributed by atoms with Crippen molar-refractivity contribution in [2.45, 2.75) is 0 Å². The number of ether oxygens (including phenoxy) is 13. The Morgan fingerprint density at radius 1 is 0.262 bits per heavy atom. The quantitative estimate of drug-likeness (QED) is 0.0932. The molecule has 0 aliphatic rings. The molecule has 0 aromatic rings. The molecule has 0 aromatic carbocycles. The zero-order valence-corrected chi connectivity index (χ0v) is 26.2. The lowest BCUT2D eigenvalue weighted by Crippen LogP contribution is -2.17. The molecule has 0 aliphatic carbocycles. The molecule has 0 bridgehead atoms. The topological polar surface area (TPSA) is 132 Å². The Balaban J connectivity index is 3.02. The van der Waals surface area contributed by atoms with Crippen LogP contribution in [0.15, 0.2) is 0 Å². The summed E-state index contributed by atoms with van der Waals surface area (Å²) < 4.78 is 70.0. The third-order valence-electron chi connectivity index (χ3n) is 5.02. The lowest BCUT2D eigenvalue weighted by molar-refractivity contribution is -0.0287. The Kier molecular flexibility index (Phi) is 39.9. The highest BCUT2D eigenvalue weighted by Crippen LogP contribution is 1.87. The van der Waals surface area contributed by atoms with Gasteiger partial charge in [-0.2, -0.15) is 0 Å². The first-order valence-corrected chi connectivity index (χ1v) is 15.0. The van der Waals surface area contributed by atoms with Gasteiger partial charge in [-0.1, -0.05) is 0 Å². The van der Waals surface area contributed by atoms with Crippen molar-refractivity contribution in [1.29, 1.82) is 0 Å². The SMILES string of the molecule is CNCCOCCOCCOCCOCCOCCOCCOCCOCCOCCOCCOCCOCCOC. The molecule has 0 saturated carbocycles. The van der Waals surface area contributed by atoms with Gasteiger partial charge in [0.15, 0.2) is 0 Å². The number of likely N-dealkylation sites (N-methyl/N-ethyl adjacent to an activating group) is 1. The third kappa shape index (κ3) is 39.4. The average Bonchev–Trinajstić information content (AvgIpc) is 3.00. The number of nitrogens with one attached hydrogen (secondary N) is 1. The summed E-state index contributed by atoms with van der Waals surface area (Å²) in [6.07, 6.45) is 0. The Hall–Kier alpha value is -0.560. The minimum Gasteiger partial charge on any atom is -0.382 e. The molecule has 254 valence electrons. The lowest BCUT2D eigenvalue weighted by Gasteiger charge is -2.09. The van der Waals surface area contributed by atoms with Gasteiger partial charge in [0.2, 0.25) is 0 Å². The summed E-state index contributed by atoms with van der Waals surface area (Å²) in [5.41, 5.74) is 0. The maximum absolute atomic E-state index is 5.47. The van der Waals surface area contributed by atoms with E-state index in [2.05, 4.69) is 5.32 Å². The summed E-state index contributed by atoms with van der Waals surface area (Å²) in [6, 6.07) is 0. The van der Waals surface area contributed by atoms with Crippen molar-refractivity contribution < 1.29 is 61.6 Å². The first-order valence-electron chi connectivity index (χ1n) is 15.0. The van der Waals surface area contributed by atoms with Crippen molar-refractivity contribution in [3.63, 3.8) is 0 Å². The van der Waals surface area contributed by atoms with Crippen molar-refractivity contribution >= 4 is 0 Å². The van der Waals surface area contributed by atoms with Gasteiger partial charge in [-0.15, -0.1) is 0 Å². The van der Waals surface area contributed by atoms with Crippen LogP contribution in [0.25, 0.3) is 0 Å². The zero-order valence-electron chi connectivity index (χ0n) is 26.2. The van der Waals surface area contributed by atoms with E-state index in [-0.39, 0.29) is 0 Å². The molecule has 14 nitrogen and oxygen atoms in total. The molecule has 0 spiro atoms. The van der Waals surface area contributed by atoms with Gasteiger partial charge in [0.05, 0.1) is 165 Å². The monoisotopic (exact) mass is 617 g/mol. The number of hydrogen-bond donors (Lipinski definition) is 1. The van der Waals surface area contributed by atoms with Crippen LogP contribution in [-0.4, -0.2) is 186 Å². The molecular formula is C28H59NO13. The van der Waals surface area contributed by atoms with Gasteiger partial charge in [0.1, 0.15) is 0 Å². The average molecular weight is 618 g/mol. The standard InChI is InChI=1S/C28H59NO13/c1-29-3-4-31-7-8-33-11-12-35-15-16-37-19-20-39-23-24-41-27-28-42-26-25-40-22-21-38-18-17-36-14-13-34-10-9-32-6-5-30-2/h29H,3-28H2,1-2H3. The molecule has 0 atom stereocenters. The van der Waals surface area contributed by atoms with Crippen LogP contribution in [0.1, 0.15) is 0 Å². The van der Waals surface area contributed by atoms with Crippen molar-refractivity contribution in [3.05, 3.63) is 0 Å². The summed E-state index contributed by atoms with van der Waals surface area (Å²) in [4.78, 5) is 0. The smallest absolute Gasteiger partial charge is 0.0701 e. The fourth-order valence-electron chi connectivity index (χ4n) is 2.84. The van der Waals surface area contributed by atoms with E-state index in [1.807, 2.05) is 7.05 Å². The first-order chi connectivity index (χ1) is 20.9. The Bertz CT molecular complexity index is 430. The molecule has 0 saturated heterocycles. The van der Waals surface area contributed by atoms with Gasteiger partial charge in [-0.3, -0.25) is 0 Å². The Morgan fingerprint density at radius 2 is 0.429 bits per heavy atom. The molecule has 0 rings (SSSR count). The highest BCUT2D eigenvalue weighted by molar-refractivity contribution is 4.40. The molecule has 1 N–H and O–H groups in total. The normalized spacial score (nSPS) is 11.6. The van der Waals surface area contributed by atoms with Crippen molar-refractivity contribution in [3.8, 4) is 0 Å². The van der Waals surface area contributed by atoms with Gasteiger partial charge in [0.25, 0.3) is 0 Å². The minimum atomic E-state index is 0.514. The van der Waals surface area contributed by atoms with Crippen LogP contribution in [0.4, 0.5) is 0 Å². The maximum atomic E-state index is 5.47. The van der Waals surface area contributed by atoms with E-state index in [9.17, 15) is 0 Å². The van der Waals surface area contributed by atoms with Crippen molar-refractivity contribution in [2.75, 3.05) is 186 Å². The van der Waals surface area contributed by atoms with E-state index < -0.39 is 0 Å². The van der Waals surface area contributed by atoms with Crippen molar-refractivity contribution in [2.24, 2.45) is 0 Å². The summed E-state index contributed by atoms with van der Waals surface area (Å²) in [5.74, 6) is 0. The first kappa shape index (κ1) is 41.4. The molecule has 0 unspecified atom stereocenters. The number of methoxy groups -OCH3 is 1. The van der Waals surface area contributed by atoms with Crippen LogP contribution in [0.3, 0.4) is 0 Å². The fourth-order valence-corrected chi connectivity index (χ4v) is 2.84. The van der Waals surface area contributed by atoms with Crippen LogP contribution < -0.4 is 5.32 Å². The van der Waals surface area contributed by atoms with E-state index in [0.717, 1.165) is 6.54 Å². The minimum absolute atomic E-state index is 0.514. The second-order valence-electron chi connectivity index (χ2n) is 8.44. The Morgan fingerprint density at radius 3 is 0.595 bits per heavy atom. The molecule has 0 heterocycles. The summed E-state index contributed by atoms with van der Waals surface area (Å²) in [6.45, 7) is 14.4. The van der Waals surface area contributed by atoms with Gasteiger partial charge < -0.3 is 66.9 Å². The predicted molar refractivity (Wildman–Crippen MR) is 156 cm³/mol. The summed E-state index contributed by atoms with van der Waals surface area (Å²) in [5, 5.41) is 3.02. The van der Waals surface area contributed by atoms with Gasteiger partial charge in [0, 0.05) is 13.7 Å². The molecule has 0 aliphatic heterocycles. The lowest BCUT2D eigenvalue weighted by atomic mass is 10.6. The summed E-state index contributed by atoms with van der Waals surface area (Å²) >= 11 is 0. The summed E-state index contributed by atoms with van der Waals surface area (Å²) in [7, 11) is 3.54. The maximum Gasteiger partial charge on any atom is 0.0701 e. The molecule has 0 aromatic heterocycles. The van der Waals surface area contributed by atoms with E-state index >= 15 is 0 Å². The van der Waals surface area contributed by atoms with E-state index in [4.69, 9.17) is 61.6 Å². The van der Waals surface area contributed by atoms with Crippen LogP contribution in [0.2, 0.25) is 0 Å². The highest BCUT2D eigenvalue weighted by atomic mass is 16.6.